The molecule has 0 saturated heterocycles. The number of carbonyl (C=O) groups excluding carboxylic acids is 1. The highest BCUT2D eigenvalue weighted by atomic mass is 19.2. The number of halogens is 2. The van der Waals surface area contributed by atoms with Crippen LogP contribution in [0.5, 0.6) is 5.75 Å². The molecule has 1 atom stereocenters. The van der Waals surface area contributed by atoms with Crippen LogP contribution < -0.4 is 10.1 Å². The molecule has 3 rings (SSSR count). The number of hydrogen-bond donors (Lipinski definition) is 1. The third kappa shape index (κ3) is 4.70. The van der Waals surface area contributed by atoms with Crippen molar-refractivity contribution in [1.29, 1.82) is 0 Å². The molecule has 0 fully saturated rings. The second-order valence-corrected chi connectivity index (χ2v) is 6.13. The summed E-state index contributed by atoms with van der Waals surface area (Å²) in [6, 6.07) is 19.6. The van der Waals surface area contributed by atoms with Gasteiger partial charge >= 0.3 is 0 Å². The van der Waals surface area contributed by atoms with Crippen LogP contribution in [0.3, 0.4) is 0 Å². The second kappa shape index (κ2) is 8.45. The van der Waals surface area contributed by atoms with Crippen LogP contribution in [-0.2, 0) is 6.61 Å². The van der Waals surface area contributed by atoms with Crippen LogP contribution in [0.15, 0.2) is 72.8 Å². The van der Waals surface area contributed by atoms with Crippen LogP contribution in [0.2, 0.25) is 0 Å². The molecule has 0 bridgehead atoms. The fourth-order valence-electron chi connectivity index (χ4n) is 2.68. The lowest BCUT2D eigenvalue weighted by molar-refractivity contribution is 0.0937. The van der Waals surface area contributed by atoms with Gasteiger partial charge in [0.2, 0.25) is 0 Å². The van der Waals surface area contributed by atoms with Crippen LogP contribution in [0, 0.1) is 11.6 Å². The molecule has 0 aliphatic carbocycles. The summed E-state index contributed by atoms with van der Waals surface area (Å²) in [6.07, 6.45) is 0. The Morgan fingerprint density at radius 3 is 2.41 bits per heavy atom. The van der Waals surface area contributed by atoms with Crippen molar-refractivity contribution in [2.45, 2.75) is 19.6 Å². The number of rotatable bonds is 6. The lowest BCUT2D eigenvalue weighted by atomic mass is 10.0. The number of amides is 1. The van der Waals surface area contributed by atoms with E-state index in [0.717, 1.165) is 17.7 Å². The molecule has 3 nitrogen and oxygen atoms in total. The SMILES string of the molecule is CC(NC(=O)c1ccccc1COc1ccccc1)c1ccc(F)c(F)c1. The maximum atomic E-state index is 13.4. The zero-order valence-electron chi connectivity index (χ0n) is 14.8. The molecule has 3 aromatic carbocycles. The molecule has 0 spiro atoms. The third-order valence-corrected chi connectivity index (χ3v) is 4.19. The fraction of sp³-hybridized carbons (Fsp3) is 0.136. The number of para-hydroxylation sites is 1. The van der Waals surface area contributed by atoms with Gasteiger partial charge in [-0.25, -0.2) is 8.78 Å². The van der Waals surface area contributed by atoms with Gasteiger partial charge in [0.15, 0.2) is 11.6 Å². The zero-order valence-corrected chi connectivity index (χ0v) is 14.8. The van der Waals surface area contributed by atoms with E-state index in [2.05, 4.69) is 5.32 Å². The van der Waals surface area contributed by atoms with Crippen molar-refractivity contribution in [3.63, 3.8) is 0 Å². The van der Waals surface area contributed by atoms with Gasteiger partial charge in [0.25, 0.3) is 5.91 Å². The Morgan fingerprint density at radius 1 is 0.963 bits per heavy atom. The number of benzene rings is 3. The van der Waals surface area contributed by atoms with Gasteiger partial charge in [-0.1, -0.05) is 42.5 Å². The van der Waals surface area contributed by atoms with Gasteiger partial charge in [-0.2, -0.15) is 0 Å². The van der Waals surface area contributed by atoms with Crippen molar-refractivity contribution in [3.8, 4) is 5.75 Å². The van der Waals surface area contributed by atoms with Gasteiger partial charge in [-0.15, -0.1) is 0 Å². The van der Waals surface area contributed by atoms with Crippen molar-refractivity contribution in [3.05, 3.63) is 101 Å². The summed E-state index contributed by atoms with van der Waals surface area (Å²) < 4.78 is 32.2. The molecule has 138 valence electrons. The Bertz CT molecular complexity index is 929. The van der Waals surface area contributed by atoms with Crippen molar-refractivity contribution in [2.24, 2.45) is 0 Å². The molecular weight excluding hydrogens is 348 g/mol. The fourth-order valence-corrected chi connectivity index (χ4v) is 2.68. The van der Waals surface area contributed by atoms with E-state index in [1.807, 2.05) is 42.5 Å². The molecular formula is C22H19F2NO2. The van der Waals surface area contributed by atoms with Gasteiger partial charge in [-0.05, 0) is 42.8 Å². The Hall–Kier alpha value is -3.21. The first kappa shape index (κ1) is 18.6. The molecule has 0 aliphatic rings. The van der Waals surface area contributed by atoms with Crippen molar-refractivity contribution in [2.75, 3.05) is 0 Å². The lowest BCUT2D eigenvalue weighted by Gasteiger charge is -2.16. The van der Waals surface area contributed by atoms with Gasteiger partial charge < -0.3 is 10.1 Å². The Balaban J connectivity index is 1.71. The van der Waals surface area contributed by atoms with Gasteiger partial charge in [0, 0.05) is 11.1 Å². The minimum absolute atomic E-state index is 0.243. The summed E-state index contributed by atoms with van der Waals surface area (Å²) in [5.74, 6) is -1.45. The van der Waals surface area contributed by atoms with Gasteiger partial charge in [-0.3, -0.25) is 4.79 Å². The first-order chi connectivity index (χ1) is 13.0. The van der Waals surface area contributed by atoms with Gasteiger partial charge in [0.1, 0.15) is 12.4 Å². The molecule has 1 N–H and O–H groups in total. The third-order valence-electron chi connectivity index (χ3n) is 4.19. The maximum Gasteiger partial charge on any atom is 0.252 e. The largest absolute Gasteiger partial charge is 0.489 e. The Morgan fingerprint density at radius 2 is 1.67 bits per heavy atom. The van der Waals surface area contributed by atoms with Crippen LogP contribution in [-0.4, -0.2) is 5.91 Å². The standard InChI is InChI=1S/C22H19F2NO2/c1-15(16-11-12-20(23)21(24)13-16)25-22(26)19-10-6-5-7-17(19)14-27-18-8-3-2-4-9-18/h2-13,15H,14H2,1H3,(H,25,26). The highest BCUT2D eigenvalue weighted by Crippen LogP contribution is 2.19. The first-order valence-electron chi connectivity index (χ1n) is 8.56. The van der Waals surface area contributed by atoms with Crippen molar-refractivity contribution >= 4 is 5.91 Å². The second-order valence-electron chi connectivity index (χ2n) is 6.13. The van der Waals surface area contributed by atoms with E-state index in [4.69, 9.17) is 4.74 Å². The number of carbonyl (C=O) groups is 1. The molecule has 3 aromatic rings. The molecule has 0 saturated carbocycles. The molecule has 0 aliphatic heterocycles. The van der Waals surface area contributed by atoms with Crippen LogP contribution in [0.1, 0.15) is 34.5 Å². The Labute approximate surface area is 156 Å². The van der Waals surface area contributed by atoms with Crippen LogP contribution in [0.25, 0.3) is 0 Å². The predicted molar refractivity (Wildman–Crippen MR) is 99.5 cm³/mol. The minimum Gasteiger partial charge on any atom is -0.489 e. The van der Waals surface area contributed by atoms with Crippen LogP contribution in [0.4, 0.5) is 8.78 Å². The summed E-state index contributed by atoms with van der Waals surface area (Å²) in [5.41, 5.74) is 1.69. The first-order valence-corrected chi connectivity index (χ1v) is 8.56. The van der Waals surface area contributed by atoms with Crippen LogP contribution >= 0.6 is 0 Å². The highest BCUT2D eigenvalue weighted by molar-refractivity contribution is 5.95. The summed E-state index contributed by atoms with van der Waals surface area (Å²) in [5, 5.41) is 2.81. The topological polar surface area (TPSA) is 38.3 Å². The molecule has 0 heterocycles. The number of hydrogen-bond acceptors (Lipinski definition) is 2. The molecule has 27 heavy (non-hydrogen) atoms. The van der Waals surface area contributed by atoms with Gasteiger partial charge in [0.05, 0.1) is 6.04 Å². The average Bonchev–Trinajstić information content (AvgIpc) is 2.69. The van der Waals surface area contributed by atoms with E-state index >= 15 is 0 Å². The van der Waals surface area contributed by atoms with E-state index in [1.54, 1.807) is 19.1 Å². The normalized spacial score (nSPS) is 11.7. The highest BCUT2D eigenvalue weighted by Gasteiger charge is 2.16. The summed E-state index contributed by atoms with van der Waals surface area (Å²) in [7, 11) is 0. The van der Waals surface area contributed by atoms with Crippen molar-refractivity contribution < 1.29 is 18.3 Å². The van der Waals surface area contributed by atoms with E-state index in [0.29, 0.717) is 16.9 Å². The Kier molecular flexibility index (Phi) is 5.81. The summed E-state index contributed by atoms with van der Waals surface area (Å²) in [6.45, 7) is 1.96. The van der Waals surface area contributed by atoms with Crippen molar-refractivity contribution in [1.82, 2.24) is 5.32 Å². The smallest absolute Gasteiger partial charge is 0.252 e. The maximum absolute atomic E-state index is 13.4. The quantitative estimate of drug-likeness (QED) is 0.663. The van der Waals surface area contributed by atoms with E-state index in [1.165, 1.54) is 6.07 Å². The zero-order chi connectivity index (χ0) is 19.2. The predicted octanol–water partition coefficient (Wildman–Crippen LogP) is 5.03. The lowest BCUT2D eigenvalue weighted by Crippen LogP contribution is -2.27. The minimum atomic E-state index is -0.940. The number of nitrogens with one attached hydrogen (secondary N) is 1. The van der Waals surface area contributed by atoms with E-state index < -0.39 is 17.7 Å². The average molecular weight is 367 g/mol. The number of ether oxygens (including phenoxy) is 1. The molecule has 0 aromatic heterocycles. The molecule has 5 heteroatoms. The molecule has 1 amide bonds. The summed E-state index contributed by atoms with van der Waals surface area (Å²) >= 11 is 0. The summed E-state index contributed by atoms with van der Waals surface area (Å²) in [4.78, 5) is 12.7. The molecule has 1 unspecified atom stereocenters. The van der Waals surface area contributed by atoms with E-state index in [-0.39, 0.29) is 12.5 Å². The molecule has 0 radical (unpaired) electrons. The van der Waals surface area contributed by atoms with E-state index in [9.17, 15) is 13.6 Å². The monoisotopic (exact) mass is 367 g/mol.